The molecule has 4 nitrogen and oxygen atoms in total. The van der Waals surface area contributed by atoms with Crippen LogP contribution in [0.15, 0.2) is 22.7 Å². The summed E-state index contributed by atoms with van der Waals surface area (Å²) in [4.78, 5) is 11.2. The Morgan fingerprint density at radius 2 is 2.37 bits per heavy atom. The maximum atomic E-state index is 11.2. The minimum atomic E-state index is 0.0633. The zero-order valence-corrected chi connectivity index (χ0v) is 12.6. The smallest absolute Gasteiger partial charge is 0.221 e. The van der Waals surface area contributed by atoms with Gasteiger partial charge in [0.1, 0.15) is 5.75 Å². The summed E-state index contributed by atoms with van der Waals surface area (Å²) in [5, 5.41) is 6.08. The second kappa shape index (κ2) is 6.91. The fourth-order valence-corrected chi connectivity index (χ4v) is 2.58. The maximum absolute atomic E-state index is 11.2. The Kier molecular flexibility index (Phi) is 5.22. The molecule has 1 amide bonds. The molecule has 1 aliphatic rings. The highest BCUT2D eigenvalue weighted by atomic mass is 79.9. The first kappa shape index (κ1) is 14.3. The van der Waals surface area contributed by atoms with Crippen LogP contribution in [0.4, 0.5) is 0 Å². The number of rotatable bonds is 4. The molecule has 0 bridgehead atoms. The van der Waals surface area contributed by atoms with Gasteiger partial charge in [-0.15, -0.1) is 0 Å². The topological polar surface area (TPSA) is 50.4 Å². The summed E-state index contributed by atoms with van der Waals surface area (Å²) in [6.45, 7) is 1.43. The molecule has 1 aromatic carbocycles. The zero-order chi connectivity index (χ0) is 13.7. The van der Waals surface area contributed by atoms with Gasteiger partial charge in [0.2, 0.25) is 5.91 Å². The van der Waals surface area contributed by atoms with Crippen molar-refractivity contribution in [3.8, 4) is 5.75 Å². The first-order chi connectivity index (χ1) is 9.20. The monoisotopic (exact) mass is 326 g/mol. The van der Waals surface area contributed by atoms with E-state index in [9.17, 15) is 4.79 Å². The number of carbonyl (C=O) groups is 1. The molecule has 0 saturated heterocycles. The molecule has 1 aromatic rings. The summed E-state index contributed by atoms with van der Waals surface area (Å²) in [7, 11) is 1.66. The summed E-state index contributed by atoms with van der Waals surface area (Å²) in [6, 6.07) is 6.38. The van der Waals surface area contributed by atoms with E-state index in [-0.39, 0.29) is 11.9 Å². The third-order valence-electron chi connectivity index (χ3n) is 3.27. The molecular weight excluding hydrogens is 308 g/mol. The van der Waals surface area contributed by atoms with Crippen molar-refractivity contribution in [3.05, 3.63) is 28.2 Å². The van der Waals surface area contributed by atoms with Crippen LogP contribution in [0.25, 0.3) is 0 Å². The van der Waals surface area contributed by atoms with Crippen LogP contribution in [-0.4, -0.2) is 26.1 Å². The van der Waals surface area contributed by atoms with E-state index in [1.165, 1.54) is 5.56 Å². The molecule has 0 aliphatic carbocycles. The number of nitrogens with one attached hydrogen (secondary N) is 2. The molecule has 1 unspecified atom stereocenters. The molecule has 19 heavy (non-hydrogen) atoms. The van der Waals surface area contributed by atoms with E-state index in [1.54, 1.807) is 7.05 Å². The van der Waals surface area contributed by atoms with Crippen molar-refractivity contribution in [2.75, 3.05) is 20.2 Å². The Morgan fingerprint density at radius 3 is 3.16 bits per heavy atom. The van der Waals surface area contributed by atoms with Gasteiger partial charge in [-0.1, -0.05) is 22.0 Å². The van der Waals surface area contributed by atoms with Crippen LogP contribution < -0.4 is 15.4 Å². The van der Waals surface area contributed by atoms with Crippen LogP contribution in [0.5, 0.6) is 5.75 Å². The highest BCUT2D eigenvalue weighted by Crippen LogP contribution is 2.33. The van der Waals surface area contributed by atoms with Crippen molar-refractivity contribution < 1.29 is 9.53 Å². The fourth-order valence-electron chi connectivity index (χ4n) is 2.24. The van der Waals surface area contributed by atoms with Gasteiger partial charge >= 0.3 is 0 Å². The molecule has 5 heteroatoms. The fraction of sp³-hybridized carbons (Fsp3) is 0.500. The highest BCUT2D eigenvalue weighted by molar-refractivity contribution is 9.10. The van der Waals surface area contributed by atoms with Gasteiger partial charge in [0.15, 0.2) is 0 Å². The van der Waals surface area contributed by atoms with Crippen molar-refractivity contribution in [2.45, 2.75) is 25.3 Å². The largest absolute Gasteiger partial charge is 0.493 e. The number of benzene rings is 1. The standard InChI is InChI=1S/C14H19BrN2O2/c1-16-14(18)6-7-17-12-3-2-8-19-13-9-10(15)4-5-11(12)13/h4-5,9,12,17H,2-3,6-8H2,1H3,(H,16,18). The molecule has 1 atom stereocenters. The molecule has 0 saturated carbocycles. The first-order valence-corrected chi connectivity index (χ1v) is 7.36. The molecule has 1 heterocycles. The van der Waals surface area contributed by atoms with Gasteiger partial charge < -0.3 is 15.4 Å². The van der Waals surface area contributed by atoms with Crippen LogP contribution in [0.2, 0.25) is 0 Å². The highest BCUT2D eigenvalue weighted by Gasteiger charge is 2.19. The van der Waals surface area contributed by atoms with E-state index in [4.69, 9.17) is 4.74 Å². The van der Waals surface area contributed by atoms with Gasteiger partial charge in [-0.25, -0.2) is 0 Å². The predicted molar refractivity (Wildman–Crippen MR) is 78.3 cm³/mol. The van der Waals surface area contributed by atoms with Crippen molar-refractivity contribution >= 4 is 21.8 Å². The van der Waals surface area contributed by atoms with E-state index in [0.717, 1.165) is 29.7 Å². The van der Waals surface area contributed by atoms with Gasteiger partial charge in [0.25, 0.3) is 0 Å². The molecule has 2 N–H and O–H groups in total. The lowest BCUT2D eigenvalue weighted by Crippen LogP contribution is -2.27. The zero-order valence-electron chi connectivity index (χ0n) is 11.0. The molecule has 0 fully saturated rings. The maximum Gasteiger partial charge on any atom is 0.221 e. The van der Waals surface area contributed by atoms with Crippen LogP contribution >= 0.6 is 15.9 Å². The molecular formula is C14H19BrN2O2. The second-order valence-electron chi connectivity index (χ2n) is 4.60. The number of carbonyl (C=O) groups excluding carboxylic acids is 1. The lowest BCUT2D eigenvalue weighted by molar-refractivity contribution is -0.120. The minimum Gasteiger partial charge on any atom is -0.493 e. The summed E-state index contributed by atoms with van der Waals surface area (Å²) >= 11 is 3.46. The van der Waals surface area contributed by atoms with Crippen molar-refractivity contribution in [1.82, 2.24) is 10.6 Å². The summed E-state index contributed by atoms with van der Waals surface area (Å²) in [5.41, 5.74) is 1.18. The lowest BCUT2D eigenvalue weighted by atomic mass is 10.0. The second-order valence-corrected chi connectivity index (χ2v) is 5.52. The average molecular weight is 327 g/mol. The lowest BCUT2D eigenvalue weighted by Gasteiger charge is -2.18. The summed E-state index contributed by atoms with van der Waals surface area (Å²) in [6.07, 6.45) is 2.55. The van der Waals surface area contributed by atoms with Crippen LogP contribution in [-0.2, 0) is 4.79 Å². The van der Waals surface area contributed by atoms with Crippen molar-refractivity contribution in [2.24, 2.45) is 0 Å². The van der Waals surface area contributed by atoms with E-state index in [0.29, 0.717) is 13.0 Å². The number of hydrogen-bond donors (Lipinski definition) is 2. The molecule has 2 rings (SSSR count). The molecule has 0 spiro atoms. The summed E-state index contributed by atoms with van der Waals surface area (Å²) in [5.74, 6) is 0.998. The van der Waals surface area contributed by atoms with Gasteiger partial charge in [0.05, 0.1) is 6.61 Å². The predicted octanol–water partition coefficient (Wildman–Crippen LogP) is 2.39. The normalized spacial score (nSPS) is 18.1. The Balaban J connectivity index is 2.03. The minimum absolute atomic E-state index is 0.0633. The van der Waals surface area contributed by atoms with Gasteiger partial charge in [-0.05, 0) is 25.0 Å². The first-order valence-electron chi connectivity index (χ1n) is 6.57. The van der Waals surface area contributed by atoms with Crippen molar-refractivity contribution in [1.29, 1.82) is 0 Å². The van der Waals surface area contributed by atoms with E-state index < -0.39 is 0 Å². The van der Waals surface area contributed by atoms with E-state index in [1.807, 2.05) is 12.1 Å². The Hall–Kier alpha value is -1.07. The van der Waals surface area contributed by atoms with E-state index in [2.05, 4.69) is 32.6 Å². The van der Waals surface area contributed by atoms with Gasteiger partial charge in [-0.3, -0.25) is 4.79 Å². The van der Waals surface area contributed by atoms with E-state index >= 15 is 0 Å². The van der Waals surface area contributed by atoms with Crippen LogP contribution in [0, 0.1) is 0 Å². The van der Waals surface area contributed by atoms with Crippen molar-refractivity contribution in [3.63, 3.8) is 0 Å². The van der Waals surface area contributed by atoms with Gasteiger partial charge in [0, 0.05) is 36.1 Å². The Labute approximate surface area is 122 Å². The third kappa shape index (κ3) is 3.94. The summed E-state index contributed by atoms with van der Waals surface area (Å²) < 4.78 is 6.78. The SMILES string of the molecule is CNC(=O)CCNC1CCCOc2cc(Br)ccc21. The van der Waals surface area contributed by atoms with Crippen LogP contribution in [0.1, 0.15) is 30.9 Å². The quantitative estimate of drug-likeness (QED) is 0.893. The molecule has 0 radical (unpaired) electrons. The Morgan fingerprint density at radius 1 is 1.53 bits per heavy atom. The number of halogens is 1. The molecule has 104 valence electrons. The molecule has 0 aromatic heterocycles. The number of ether oxygens (including phenoxy) is 1. The van der Waals surface area contributed by atoms with Crippen LogP contribution in [0.3, 0.4) is 0 Å². The Bertz CT molecular complexity index is 451. The average Bonchev–Trinajstić information content (AvgIpc) is 2.60. The van der Waals surface area contributed by atoms with Gasteiger partial charge in [-0.2, -0.15) is 0 Å². The third-order valence-corrected chi connectivity index (χ3v) is 3.76. The number of amides is 1. The molecule has 1 aliphatic heterocycles. The number of fused-ring (bicyclic) bond motifs is 1. The number of hydrogen-bond acceptors (Lipinski definition) is 3.